The van der Waals surface area contributed by atoms with Crippen LogP contribution in [0.3, 0.4) is 0 Å². The smallest absolute Gasteiger partial charge is 0.267 e. The number of fused-ring (bicyclic) bond motifs is 2. The van der Waals surface area contributed by atoms with Crippen LogP contribution >= 0.6 is 22.9 Å². The van der Waals surface area contributed by atoms with Crippen molar-refractivity contribution < 1.29 is 9.21 Å². The first-order valence-corrected chi connectivity index (χ1v) is 12.0. The van der Waals surface area contributed by atoms with E-state index in [0.29, 0.717) is 32.6 Å². The summed E-state index contributed by atoms with van der Waals surface area (Å²) in [6.07, 6.45) is 0. The minimum atomic E-state index is -0.240. The van der Waals surface area contributed by atoms with Crippen molar-refractivity contribution in [3.05, 3.63) is 76.6 Å². The Labute approximate surface area is 200 Å². The molecular formula is C26H22ClN3O2S. The van der Waals surface area contributed by atoms with Gasteiger partial charge >= 0.3 is 0 Å². The first-order chi connectivity index (χ1) is 16.1. The number of hydrogen-bond donors (Lipinski definition) is 1. The summed E-state index contributed by atoms with van der Waals surface area (Å²) in [5, 5.41) is 4.30. The fourth-order valence-electron chi connectivity index (χ4n) is 3.88. The van der Waals surface area contributed by atoms with Crippen LogP contribution in [0.1, 0.15) is 23.5 Å². The average molecular weight is 476 g/mol. The van der Waals surface area contributed by atoms with Gasteiger partial charge in [-0.1, -0.05) is 29.8 Å². The number of rotatable bonds is 6. The van der Waals surface area contributed by atoms with Crippen LogP contribution in [0, 0.1) is 0 Å². The van der Waals surface area contributed by atoms with Crippen LogP contribution < -0.4 is 10.2 Å². The third kappa shape index (κ3) is 4.08. The van der Waals surface area contributed by atoms with Crippen LogP contribution in [0.2, 0.25) is 5.02 Å². The molecule has 1 N–H and O–H groups in total. The minimum absolute atomic E-state index is 0.240. The molecule has 0 aliphatic carbocycles. The Morgan fingerprint density at radius 1 is 1.06 bits per heavy atom. The topological polar surface area (TPSA) is 58.4 Å². The molecule has 1 amide bonds. The highest BCUT2D eigenvalue weighted by Crippen LogP contribution is 2.36. The second-order valence-corrected chi connectivity index (χ2v) is 9.05. The van der Waals surface area contributed by atoms with Gasteiger partial charge in [0.1, 0.15) is 10.4 Å². The van der Waals surface area contributed by atoms with Crippen molar-refractivity contribution in [3.63, 3.8) is 0 Å². The average Bonchev–Trinajstić information content (AvgIpc) is 3.41. The van der Waals surface area contributed by atoms with Gasteiger partial charge in [-0.25, -0.2) is 4.98 Å². The number of nitrogens with one attached hydrogen (secondary N) is 1. The van der Waals surface area contributed by atoms with Crippen molar-refractivity contribution in [1.82, 2.24) is 4.98 Å². The van der Waals surface area contributed by atoms with Crippen LogP contribution in [-0.4, -0.2) is 24.0 Å². The summed E-state index contributed by atoms with van der Waals surface area (Å²) in [6, 6.07) is 21.4. The highest BCUT2D eigenvalue weighted by atomic mass is 35.5. The highest BCUT2D eigenvalue weighted by molar-refractivity contribution is 7.21. The van der Waals surface area contributed by atoms with E-state index in [1.54, 1.807) is 6.07 Å². The van der Waals surface area contributed by atoms with Crippen LogP contribution in [0.15, 0.2) is 71.1 Å². The summed E-state index contributed by atoms with van der Waals surface area (Å²) in [4.78, 5) is 20.3. The van der Waals surface area contributed by atoms with E-state index in [-0.39, 0.29) is 5.91 Å². The van der Waals surface area contributed by atoms with Crippen molar-refractivity contribution in [1.29, 1.82) is 0 Å². The zero-order chi connectivity index (χ0) is 22.9. The van der Waals surface area contributed by atoms with E-state index >= 15 is 0 Å². The van der Waals surface area contributed by atoms with Gasteiger partial charge < -0.3 is 14.6 Å². The lowest BCUT2D eigenvalue weighted by Crippen LogP contribution is -2.21. The molecule has 0 unspecified atom stereocenters. The molecule has 7 heteroatoms. The maximum Gasteiger partial charge on any atom is 0.267 e. The third-order valence-corrected chi connectivity index (χ3v) is 7.30. The zero-order valence-electron chi connectivity index (χ0n) is 18.3. The molecular weight excluding hydrogens is 454 g/mol. The summed E-state index contributed by atoms with van der Waals surface area (Å²) in [6.45, 7) is 6.20. The Kier molecular flexibility index (Phi) is 5.79. The normalized spacial score (nSPS) is 11.2. The Bertz CT molecular complexity index is 1450. The standard InChI is InChI=1S/C26H22ClN3O2S/c1-3-30(4-2)18-12-9-16(10-13-18)26-29-20-15-17(11-14-21(20)32-26)28-25(31)24-23(27)19-7-5-6-8-22(19)33-24/h5-15H,3-4H2,1-2H3,(H,28,31). The van der Waals surface area contributed by atoms with Crippen LogP contribution in [0.5, 0.6) is 0 Å². The summed E-state index contributed by atoms with van der Waals surface area (Å²) in [5.41, 5.74) is 4.06. The van der Waals surface area contributed by atoms with Gasteiger partial charge in [0.2, 0.25) is 5.89 Å². The van der Waals surface area contributed by atoms with Gasteiger partial charge in [0.15, 0.2) is 5.58 Å². The molecule has 0 atom stereocenters. The maximum atomic E-state index is 12.9. The number of halogens is 1. The van der Waals surface area contributed by atoms with E-state index in [1.807, 2.05) is 48.5 Å². The molecule has 0 saturated carbocycles. The van der Waals surface area contributed by atoms with Crippen LogP contribution in [0.4, 0.5) is 11.4 Å². The lowest BCUT2D eigenvalue weighted by atomic mass is 10.2. The molecule has 3 aromatic carbocycles. The van der Waals surface area contributed by atoms with Crippen molar-refractivity contribution in [2.24, 2.45) is 0 Å². The van der Waals surface area contributed by atoms with E-state index in [9.17, 15) is 4.79 Å². The lowest BCUT2D eigenvalue weighted by molar-refractivity contribution is 0.103. The van der Waals surface area contributed by atoms with Crippen molar-refractivity contribution in [3.8, 4) is 11.5 Å². The Hall–Kier alpha value is -3.35. The summed E-state index contributed by atoms with van der Waals surface area (Å²) in [7, 11) is 0. The molecule has 5 nitrogen and oxygen atoms in total. The quantitative estimate of drug-likeness (QED) is 0.277. The SMILES string of the molecule is CCN(CC)c1ccc(-c2nc3cc(NC(=O)c4sc5ccccc5c4Cl)ccc3o2)cc1. The van der Waals surface area contributed by atoms with Gasteiger partial charge in [-0.3, -0.25) is 4.79 Å². The second-order valence-electron chi connectivity index (χ2n) is 7.62. The van der Waals surface area contributed by atoms with Gasteiger partial charge in [-0.15, -0.1) is 11.3 Å². The van der Waals surface area contributed by atoms with E-state index in [1.165, 1.54) is 17.0 Å². The van der Waals surface area contributed by atoms with Gasteiger partial charge in [-0.2, -0.15) is 0 Å². The molecule has 0 aliphatic heterocycles. The molecule has 0 bridgehead atoms. The first kappa shape index (κ1) is 21.5. The maximum absolute atomic E-state index is 12.9. The van der Waals surface area contributed by atoms with Gasteiger partial charge in [0.05, 0.1) is 5.02 Å². The highest BCUT2D eigenvalue weighted by Gasteiger charge is 2.18. The van der Waals surface area contributed by atoms with Gasteiger partial charge in [0.25, 0.3) is 5.91 Å². The molecule has 2 aromatic heterocycles. The number of anilines is 2. The molecule has 2 heterocycles. The number of amides is 1. The molecule has 5 rings (SSSR count). The Morgan fingerprint density at radius 3 is 2.55 bits per heavy atom. The molecule has 5 aromatic rings. The van der Waals surface area contributed by atoms with Gasteiger partial charge in [-0.05, 0) is 62.4 Å². The monoisotopic (exact) mass is 475 g/mol. The number of aromatic nitrogens is 1. The predicted molar refractivity (Wildman–Crippen MR) is 138 cm³/mol. The first-order valence-electron chi connectivity index (χ1n) is 10.8. The Balaban J connectivity index is 1.39. The largest absolute Gasteiger partial charge is 0.436 e. The molecule has 0 aliphatic rings. The number of carbonyl (C=O) groups is 1. The number of nitrogens with zero attached hydrogens (tertiary/aromatic N) is 2. The van der Waals surface area contributed by atoms with E-state index < -0.39 is 0 Å². The van der Waals surface area contributed by atoms with E-state index in [0.717, 1.165) is 28.7 Å². The molecule has 166 valence electrons. The molecule has 0 saturated heterocycles. The van der Waals surface area contributed by atoms with Crippen molar-refractivity contribution in [2.75, 3.05) is 23.3 Å². The lowest BCUT2D eigenvalue weighted by Gasteiger charge is -2.20. The molecule has 0 radical (unpaired) electrons. The Morgan fingerprint density at radius 2 is 1.82 bits per heavy atom. The predicted octanol–water partition coefficient (Wildman–Crippen LogP) is 7.46. The third-order valence-electron chi connectivity index (χ3n) is 5.63. The number of hydrogen-bond acceptors (Lipinski definition) is 5. The van der Waals surface area contributed by atoms with Crippen LogP contribution in [-0.2, 0) is 0 Å². The number of thiophene rings is 1. The minimum Gasteiger partial charge on any atom is -0.436 e. The fourth-order valence-corrected chi connectivity index (χ4v) is 5.29. The van der Waals surface area contributed by atoms with E-state index in [4.69, 9.17) is 16.0 Å². The van der Waals surface area contributed by atoms with Crippen molar-refractivity contribution in [2.45, 2.75) is 13.8 Å². The van der Waals surface area contributed by atoms with Gasteiger partial charge in [0, 0.05) is 40.1 Å². The second kappa shape index (κ2) is 8.89. The summed E-state index contributed by atoms with van der Waals surface area (Å²) in [5.74, 6) is 0.309. The fraction of sp³-hybridized carbons (Fsp3) is 0.154. The number of carbonyl (C=O) groups excluding carboxylic acids is 1. The van der Waals surface area contributed by atoms with Crippen LogP contribution in [0.25, 0.3) is 32.6 Å². The number of oxazole rings is 1. The number of benzene rings is 3. The summed E-state index contributed by atoms with van der Waals surface area (Å²) >= 11 is 7.83. The molecule has 0 spiro atoms. The summed E-state index contributed by atoms with van der Waals surface area (Å²) < 4.78 is 6.94. The molecule has 33 heavy (non-hydrogen) atoms. The zero-order valence-corrected chi connectivity index (χ0v) is 19.8. The van der Waals surface area contributed by atoms with E-state index in [2.05, 4.69) is 41.2 Å². The van der Waals surface area contributed by atoms with Crippen molar-refractivity contribution >= 4 is 61.4 Å². The molecule has 0 fully saturated rings.